The molecule has 0 radical (unpaired) electrons. The number of halogens is 3. The van der Waals surface area contributed by atoms with E-state index in [1.807, 2.05) is 0 Å². The molecule has 2 aromatic carbocycles. The van der Waals surface area contributed by atoms with Crippen molar-refractivity contribution in [2.45, 2.75) is 6.92 Å². The summed E-state index contributed by atoms with van der Waals surface area (Å²) in [6.45, 7) is 1.70. The highest BCUT2D eigenvalue weighted by Crippen LogP contribution is 2.31. The summed E-state index contributed by atoms with van der Waals surface area (Å²) < 4.78 is 18.6. The molecule has 0 atom stereocenters. The number of hydrogen-bond acceptors (Lipinski definition) is 2. The predicted octanol–water partition coefficient (Wildman–Crippen LogP) is 5.95. The van der Waals surface area contributed by atoms with E-state index in [2.05, 4.69) is 5.32 Å². The molecule has 3 aromatic rings. The van der Waals surface area contributed by atoms with Crippen molar-refractivity contribution < 1.29 is 13.6 Å². The maximum atomic E-state index is 12.9. The van der Waals surface area contributed by atoms with Gasteiger partial charge < -0.3 is 9.73 Å². The molecular weight excluding hydrogens is 352 g/mol. The van der Waals surface area contributed by atoms with E-state index in [0.717, 1.165) is 0 Å². The molecule has 0 aliphatic carbocycles. The zero-order valence-electron chi connectivity index (χ0n) is 12.6. The van der Waals surface area contributed by atoms with Gasteiger partial charge in [-0.15, -0.1) is 0 Å². The first-order chi connectivity index (χ1) is 11.4. The van der Waals surface area contributed by atoms with Gasteiger partial charge in [-0.05, 0) is 55.5 Å². The monoisotopic (exact) mass is 363 g/mol. The minimum absolute atomic E-state index is 0.339. The molecule has 1 N–H and O–H groups in total. The standard InChI is InChI=1S/C18H12Cl2FNO2/c1-10-14(18(23)22-13-5-3-12(21)4-6-13)9-17(24-10)11-2-7-15(19)16(20)8-11/h2-9H,1H3,(H,22,23). The van der Waals surface area contributed by atoms with Crippen molar-refractivity contribution >= 4 is 34.8 Å². The SMILES string of the molecule is Cc1oc(-c2ccc(Cl)c(Cl)c2)cc1C(=O)Nc1ccc(F)cc1. The summed E-state index contributed by atoms with van der Waals surface area (Å²) in [4.78, 5) is 12.4. The Kier molecular flexibility index (Phi) is 4.60. The summed E-state index contributed by atoms with van der Waals surface area (Å²) in [6, 6.07) is 12.3. The normalized spacial score (nSPS) is 10.7. The Bertz CT molecular complexity index is 904. The fourth-order valence-corrected chi connectivity index (χ4v) is 2.53. The maximum Gasteiger partial charge on any atom is 0.259 e. The predicted molar refractivity (Wildman–Crippen MR) is 93.3 cm³/mol. The van der Waals surface area contributed by atoms with E-state index in [4.69, 9.17) is 27.6 Å². The second-order valence-electron chi connectivity index (χ2n) is 5.17. The number of amides is 1. The highest BCUT2D eigenvalue weighted by molar-refractivity contribution is 6.42. The number of hydrogen-bond donors (Lipinski definition) is 1. The van der Waals surface area contributed by atoms with Crippen molar-refractivity contribution in [3.05, 3.63) is 75.7 Å². The number of carbonyl (C=O) groups excluding carboxylic acids is 1. The molecule has 0 aliphatic rings. The van der Waals surface area contributed by atoms with Crippen LogP contribution in [0.4, 0.5) is 10.1 Å². The van der Waals surface area contributed by atoms with Gasteiger partial charge in [-0.1, -0.05) is 23.2 Å². The Labute approximate surface area is 148 Å². The van der Waals surface area contributed by atoms with E-state index in [1.54, 1.807) is 31.2 Å². The van der Waals surface area contributed by atoms with Crippen molar-refractivity contribution in [1.29, 1.82) is 0 Å². The second kappa shape index (κ2) is 6.67. The molecule has 0 saturated heterocycles. The summed E-state index contributed by atoms with van der Waals surface area (Å²) >= 11 is 11.9. The van der Waals surface area contributed by atoms with Gasteiger partial charge in [0.15, 0.2) is 0 Å². The van der Waals surface area contributed by atoms with Crippen LogP contribution in [0, 0.1) is 12.7 Å². The summed E-state index contributed by atoms with van der Waals surface area (Å²) in [5.74, 6) is 0.273. The number of carbonyl (C=O) groups is 1. The first kappa shape index (κ1) is 16.6. The van der Waals surface area contributed by atoms with E-state index >= 15 is 0 Å². The zero-order chi connectivity index (χ0) is 17.3. The van der Waals surface area contributed by atoms with E-state index in [-0.39, 0.29) is 11.7 Å². The summed E-state index contributed by atoms with van der Waals surface area (Å²) in [5, 5.41) is 3.54. The van der Waals surface area contributed by atoms with Crippen molar-refractivity contribution in [3.63, 3.8) is 0 Å². The fraction of sp³-hybridized carbons (Fsp3) is 0.0556. The van der Waals surface area contributed by atoms with Gasteiger partial charge in [-0.3, -0.25) is 4.79 Å². The van der Waals surface area contributed by atoms with Gasteiger partial charge in [0, 0.05) is 11.3 Å². The molecule has 0 unspecified atom stereocenters. The Morgan fingerprint density at radius 3 is 2.42 bits per heavy atom. The zero-order valence-corrected chi connectivity index (χ0v) is 14.1. The van der Waals surface area contributed by atoms with Gasteiger partial charge in [0.2, 0.25) is 0 Å². The summed E-state index contributed by atoms with van der Waals surface area (Å²) in [7, 11) is 0. The number of aryl methyl sites for hydroxylation is 1. The lowest BCUT2D eigenvalue weighted by molar-refractivity contribution is 0.102. The fourth-order valence-electron chi connectivity index (χ4n) is 2.23. The average molecular weight is 364 g/mol. The van der Waals surface area contributed by atoms with Crippen LogP contribution in [0.2, 0.25) is 10.0 Å². The van der Waals surface area contributed by atoms with Crippen LogP contribution in [0.25, 0.3) is 11.3 Å². The van der Waals surface area contributed by atoms with Crippen LogP contribution in [0.3, 0.4) is 0 Å². The Hall–Kier alpha value is -2.30. The van der Waals surface area contributed by atoms with Crippen molar-refractivity contribution in [2.75, 3.05) is 5.32 Å². The third kappa shape index (κ3) is 3.45. The molecule has 0 aliphatic heterocycles. The number of benzene rings is 2. The van der Waals surface area contributed by atoms with Crippen LogP contribution in [0.1, 0.15) is 16.1 Å². The minimum atomic E-state index is -0.366. The Morgan fingerprint density at radius 1 is 1.04 bits per heavy atom. The number of furan rings is 1. The lowest BCUT2D eigenvalue weighted by atomic mass is 10.1. The quantitative estimate of drug-likeness (QED) is 0.624. The van der Waals surface area contributed by atoms with E-state index in [9.17, 15) is 9.18 Å². The van der Waals surface area contributed by atoms with Crippen LogP contribution in [0.5, 0.6) is 0 Å². The topological polar surface area (TPSA) is 42.2 Å². The average Bonchev–Trinajstić information content (AvgIpc) is 2.94. The number of rotatable bonds is 3. The van der Waals surface area contributed by atoms with Crippen LogP contribution >= 0.6 is 23.2 Å². The molecular formula is C18H12Cl2FNO2. The number of nitrogens with one attached hydrogen (secondary N) is 1. The summed E-state index contributed by atoms with van der Waals surface area (Å²) in [5.41, 5.74) is 1.60. The molecule has 1 amide bonds. The lowest BCUT2D eigenvalue weighted by Crippen LogP contribution is -2.11. The van der Waals surface area contributed by atoms with Gasteiger partial charge in [-0.25, -0.2) is 4.39 Å². The van der Waals surface area contributed by atoms with Gasteiger partial charge in [0.25, 0.3) is 5.91 Å². The van der Waals surface area contributed by atoms with Gasteiger partial charge >= 0.3 is 0 Å². The molecule has 6 heteroatoms. The molecule has 122 valence electrons. The van der Waals surface area contributed by atoms with Crippen molar-refractivity contribution in [3.8, 4) is 11.3 Å². The Balaban J connectivity index is 1.86. The van der Waals surface area contributed by atoms with Crippen molar-refractivity contribution in [2.24, 2.45) is 0 Å². The molecule has 0 fully saturated rings. The highest BCUT2D eigenvalue weighted by atomic mass is 35.5. The minimum Gasteiger partial charge on any atom is -0.461 e. The molecule has 3 nitrogen and oxygen atoms in total. The molecule has 0 spiro atoms. The molecule has 24 heavy (non-hydrogen) atoms. The van der Waals surface area contributed by atoms with E-state index in [0.29, 0.717) is 38.4 Å². The Morgan fingerprint density at radius 2 is 1.75 bits per heavy atom. The maximum absolute atomic E-state index is 12.9. The first-order valence-corrected chi connectivity index (χ1v) is 7.82. The van der Waals surface area contributed by atoms with Gasteiger partial charge in [0.05, 0.1) is 15.6 Å². The number of anilines is 1. The molecule has 3 rings (SSSR count). The first-order valence-electron chi connectivity index (χ1n) is 7.07. The van der Waals surface area contributed by atoms with Gasteiger partial charge in [-0.2, -0.15) is 0 Å². The van der Waals surface area contributed by atoms with E-state index in [1.165, 1.54) is 24.3 Å². The van der Waals surface area contributed by atoms with Crippen LogP contribution in [0.15, 0.2) is 52.9 Å². The van der Waals surface area contributed by atoms with Crippen LogP contribution in [-0.4, -0.2) is 5.91 Å². The summed E-state index contributed by atoms with van der Waals surface area (Å²) in [6.07, 6.45) is 0. The van der Waals surface area contributed by atoms with Gasteiger partial charge in [0.1, 0.15) is 17.3 Å². The second-order valence-corrected chi connectivity index (χ2v) is 5.98. The highest BCUT2D eigenvalue weighted by Gasteiger charge is 2.16. The van der Waals surface area contributed by atoms with Crippen molar-refractivity contribution in [1.82, 2.24) is 0 Å². The largest absolute Gasteiger partial charge is 0.461 e. The lowest BCUT2D eigenvalue weighted by Gasteiger charge is -2.03. The van der Waals surface area contributed by atoms with E-state index < -0.39 is 0 Å². The molecule has 0 saturated carbocycles. The third-order valence-corrected chi connectivity index (χ3v) is 4.21. The third-order valence-electron chi connectivity index (χ3n) is 3.47. The van der Waals surface area contributed by atoms with Crippen LogP contribution < -0.4 is 5.32 Å². The molecule has 1 aromatic heterocycles. The van der Waals surface area contributed by atoms with Crippen LogP contribution in [-0.2, 0) is 0 Å². The smallest absolute Gasteiger partial charge is 0.259 e. The molecule has 1 heterocycles. The molecule has 0 bridgehead atoms.